The number of nitrogens with one attached hydrogen (secondary N) is 2. The summed E-state index contributed by atoms with van der Waals surface area (Å²) in [4.78, 5) is 50.6. The fourth-order valence-electron chi connectivity index (χ4n) is 4.30. The Labute approximate surface area is 252 Å². The maximum atomic E-state index is 13.3. The summed E-state index contributed by atoms with van der Waals surface area (Å²) in [5, 5.41) is 24.9. The maximum absolute atomic E-state index is 13.3. The van der Waals surface area contributed by atoms with E-state index in [2.05, 4.69) is 34.3 Å². The van der Waals surface area contributed by atoms with E-state index in [0.717, 1.165) is 0 Å². The van der Waals surface area contributed by atoms with Crippen molar-refractivity contribution in [3.63, 3.8) is 0 Å². The molecule has 0 bridgehead atoms. The molecule has 8 nitrogen and oxygen atoms in total. The first kappa shape index (κ1) is 30.0. The smallest absolute Gasteiger partial charge is 0.336 e. The molecule has 2 amide bonds. The lowest BCUT2D eigenvalue weighted by atomic mass is 9.95. The van der Waals surface area contributed by atoms with Crippen LogP contribution in [0.3, 0.4) is 0 Å². The van der Waals surface area contributed by atoms with E-state index in [-0.39, 0.29) is 33.6 Å². The van der Waals surface area contributed by atoms with Crippen molar-refractivity contribution in [3.8, 4) is 60.5 Å². The van der Waals surface area contributed by atoms with Crippen molar-refractivity contribution in [3.05, 3.63) is 117 Å². The second kappa shape index (κ2) is 12.7. The fraction of sp³-hybridized carbons (Fsp3) is 0. The number of terminal acetylenes is 4. The van der Waals surface area contributed by atoms with Gasteiger partial charge in [-0.25, -0.2) is 9.59 Å². The number of aromatic carboxylic acids is 2. The molecular weight excluding hydrogens is 556 g/mol. The molecule has 4 aromatic carbocycles. The Hall–Kier alpha value is -7.00. The first-order valence-corrected chi connectivity index (χ1v) is 12.6. The van der Waals surface area contributed by atoms with Crippen molar-refractivity contribution < 1.29 is 29.4 Å². The third-order valence-corrected chi connectivity index (χ3v) is 6.50. The van der Waals surface area contributed by atoms with Gasteiger partial charge in [0.15, 0.2) is 0 Å². The number of benzene rings is 4. The summed E-state index contributed by atoms with van der Waals surface area (Å²) in [6, 6.07) is 17.2. The maximum Gasteiger partial charge on any atom is 0.336 e. The van der Waals surface area contributed by atoms with Gasteiger partial charge in [0.05, 0.1) is 33.6 Å². The molecule has 0 radical (unpaired) electrons. The zero-order valence-corrected chi connectivity index (χ0v) is 22.8. The van der Waals surface area contributed by atoms with Gasteiger partial charge in [0.25, 0.3) is 11.8 Å². The molecule has 4 rings (SSSR count). The van der Waals surface area contributed by atoms with Crippen LogP contribution < -0.4 is 10.6 Å². The summed E-state index contributed by atoms with van der Waals surface area (Å²) < 4.78 is 0. The quantitative estimate of drug-likeness (QED) is 0.224. The van der Waals surface area contributed by atoms with E-state index >= 15 is 0 Å². The van der Waals surface area contributed by atoms with Crippen molar-refractivity contribution in [2.24, 2.45) is 0 Å². The van der Waals surface area contributed by atoms with Crippen molar-refractivity contribution in [1.29, 1.82) is 0 Å². The Morgan fingerprint density at radius 1 is 0.500 bits per heavy atom. The third-order valence-electron chi connectivity index (χ3n) is 6.50. The zero-order valence-electron chi connectivity index (χ0n) is 22.8. The Kier molecular flexibility index (Phi) is 8.63. The van der Waals surface area contributed by atoms with Crippen LogP contribution in [0.15, 0.2) is 72.8 Å². The van der Waals surface area contributed by atoms with E-state index in [1.165, 1.54) is 48.5 Å². The van der Waals surface area contributed by atoms with E-state index in [1.807, 2.05) is 0 Å². The Morgan fingerprint density at radius 3 is 1.36 bits per heavy atom. The van der Waals surface area contributed by atoms with E-state index in [0.29, 0.717) is 33.4 Å². The van der Waals surface area contributed by atoms with Gasteiger partial charge in [-0.2, -0.15) is 0 Å². The van der Waals surface area contributed by atoms with Crippen molar-refractivity contribution in [2.45, 2.75) is 0 Å². The van der Waals surface area contributed by atoms with Crippen LogP contribution in [-0.4, -0.2) is 34.0 Å². The number of hydrogen-bond acceptors (Lipinski definition) is 4. The van der Waals surface area contributed by atoms with Crippen molar-refractivity contribution >= 4 is 35.1 Å². The minimum absolute atomic E-state index is 0.175. The van der Waals surface area contributed by atoms with Gasteiger partial charge in [-0.15, -0.1) is 25.7 Å². The van der Waals surface area contributed by atoms with Crippen LogP contribution in [0.1, 0.15) is 63.7 Å². The van der Waals surface area contributed by atoms with Crippen LogP contribution in [0.5, 0.6) is 0 Å². The monoisotopic (exact) mass is 576 g/mol. The number of carbonyl (C=O) groups excluding carboxylic acids is 2. The lowest BCUT2D eigenvalue weighted by molar-refractivity contribution is 0.0683. The molecule has 0 aliphatic rings. The normalized spacial score (nSPS) is 9.82. The van der Waals surface area contributed by atoms with E-state index in [1.54, 1.807) is 24.3 Å². The standard InChI is InChI=1S/C36H20N2O6/c1-5-21-9-11-23(7-3)31(17-21)37-33(39)27-15-13-26(20-30(27)36(43)44)25-14-16-28(35(41)42)29(19-25)34(40)38-32-18-22(6-2)10-12-24(32)8-4/h1-4,9-20H,(H,37,39)(H,38,40)(H,41,42)(H,43,44). The van der Waals surface area contributed by atoms with Gasteiger partial charge < -0.3 is 20.8 Å². The lowest BCUT2D eigenvalue weighted by Crippen LogP contribution is -2.18. The molecule has 0 fully saturated rings. The molecule has 0 unspecified atom stereocenters. The molecule has 0 aliphatic carbocycles. The van der Waals surface area contributed by atoms with Gasteiger partial charge in [0, 0.05) is 22.3 Å². The number of amides is 2. The molecule has 0 heterocycles. The minimum Gasteiger partial charge on any atom is -0.478 e. The van der Waals surface area contributed by atoms with Gasteiger partial charge in [0.1, 0.15) is 0 Å². The van der Waals surface area contributed by atoms with Crippen molar-refractivity contribution in [1.82, 2.24) is 0 Å². The highest BCUT2D eigenvalue weighted by Crippen LogP contribution is 2.28. The molecule has 44 heavy (non-hydrogen) atoms. The average molecular weight is 577 g/mol. The number of carbonyl (C=O) groups is 4. The molecule has 210 valence electrons. The Bertz CT molecular complexity index is 2060. The van der Waals surface area contributed by atoms with Crippen LogP contribution in [0.4, 0.5) is 11.4 Å². The third kappa shape index (κ3) is 6.17. The molecular formula is C36H20N2O6. The Morgan fingerprint density at radius 2 is 0.932 bits per heavy atom. The molecule has 4 N–H and O–H groups in total. The second-order valence-electron chi connectivity index (χ2n) is 9.14. The highest BCUT2D eigenvalue weighted by Gasteiger charge is 2.22. The largest absolute Gasteiger partial charge is 0.478 e. The van der Waals surface area contributed by atoms with Crippen LogP contribution in [0, 0.1) is 49.4 Å². The fourth-order valence-corrected chi connectivity index (χ4v) is 4.30. The van der Waals surface area contributed by atoms with Gasteiger partial charge in [0.2, 0.25) is 0 Å². The van der Waals surface area contributed by atoms with Crippen LogP contribution >= 0.6 is 0 Å². The van der Waals surface area contributed by atoms with Gasteiger partial charge in [-0.3, -0.25) is 9.59 Å². The predicted molar refractivity (Wildman–Crippen MR) is 166 cm³/mol. The molecule has 0 spiro atoms. The first-order chi connectivity index (χ1) is 21.1. The van der Waals surface area contributed by atoms with Gasteiger partial charge in [-0.1, -0.05) is 35.8 Å². The molecule has 0 atom stereocenters. The second-order valence-corrected chi connectivity index (χ2v) is 9.14. The average Bonchev–Trinajstić information content (AvgIpc) is 3.03. The Balaban J connectivity index is 1.73. The van der Waals surface area contributed by atoms with Crippen LogP contribution in [-0.2, 0) is 0 Å². The number of hydrogen-bond donors (Lipinski definition) is 4. The highest BCUT2D eigenvalue weighted by atomic mass is 16.4. The van der Waals surface area contributed by atoms with Crippen LogP contribution in [0.2, 0.25) is 0 Å². The van der Waals surface area contributed by atoms with E-state index in [9.17, 15) is 29.4 Å². The summed E-state index contributed by atoms with van der Waals surface area (Å²) in [5.41, 5.74) is 1.54. The first-order valence-electron chi connectivity index (χ1n) is 12.6. The zero-order chi connectivity index (χ0) is 32.0. The lowest BCUT2D eigenvalue weighted by Gasteiger charge is -2.14. The number of carboxylic acids is 2. The summed E-state index contributed by atoms with van der Waals surface area (Å²) in [6.07, 6.45) is 22.0. The summed E-state index contributed by atoms with van der Waals surface area (Å²) in [7, 11) is 0. The number of carboxylic acid groups (broad SMARTS) is 2. The molecule has 0 saturated carbocycles. The summed E-state index contributed by atoms with van der Waals surface area (Å²) in [5.74, 6) is 5.43. The topological polar surface area (TPSA) is 133 Å². The summed E-state index contributed by atoms with van der Waals surface area (Å²) in [6.45, 7) is 0. The summed E-state index contributed by atoms with van der Waals surface area (Å²) >= 11 is 0. The molecule has 0 aliphatic heterocycles. The van der Waals surface area contributed by atoms with Gasteiger partial charge >= 0.3 is 11.9 Å². The van der Waals surface area contributed by atoms with E-state index < -0.39 is 23.8 Å². The van der Waals surface area contributed by atoms with Crippen molar-refractivity contribution in [2.75, 3.05) is 10.6 Å². The predicted octanol–water partition coefficient (Wildman–Crippen LogP) is 5.18. The number of anilines is 2. The number of rotatable bonds is 7. The molecule has 8 heteroatoms. The molecule has 0 saturated heterocycles. The minimum atomic E-state index is -1.40. The molecule has 0 aromatic heterocycles. The molecule has 4 aromatic rings. The SMILES string of the molecule is C#Cc1ccc(C#C)c(NC(=O)c2ccc(-c3ccc(C(=O)O)c(C(=O)Nc4cc(C#C)ccc4C#C)c3)cc2C(=O)O)c1. The highest BCUT2D eigenvalue weighted by molar-refractivity contribution is 6.13. The van der Waals surface area contributed by atoms with Crippen LogP contribution in [0.25, 0.3) is 11.1 Å². The van der Waals surface area contributed by atoms with Gasteiger partial charge in [-0.05, 0) is 71.8 Å². The van der Waals surface area contributed by atoms with E-state index in [4.69, 9.17) is 25.7 Å².